The average Bonchev–Trinajstić information content (AvgIpc) is 3.56. The van der Waals surface area contributed by atoms with Crippen LogP contribution in [-0.2, 0) is 6.42 Å². The number of aryl methyl sites for hydroxylation is 2. The molecule has 2 aromatic carbocycles. The first kappa shape index (κ1) is 20.6. The molecule has 0 saturated heterocycles. The topological polar surface area (TPSA) is 88.0 Å². The highest BCUT2D eigenvalue weighted by Gasteiger charge is 2.31. The van der Waals surface area contributed by atoms with Gasteiger partial charge in [0.1, 0.15) is 16.5 Å². The number of amides is 1. The van der Waals surface area contributed by atoms with Crippen molar-refractivity contribution < 1.29 is 4.79 Å². The molecule has 4 heterocycles. The van der Waals surface area contributed by atoms with E-state index in [1.165, 1.54) is 4.88 Å². The van der Waals surface area contributed by atoms with E-state index in [4.69, 9.17) is 4.99 Å². The van der Waals surface area contributed by atoms with E-state index in [2.05, 4.69) is 33.5 Å². The molecule has 1 aliphatic rings. The van der Waals surface area contributed by atoms with Crippen molar-refractivity contribution in [3.63, 3.8) is 0 Å². The van der Waals surface area contributed by atoms with Crippen molar-refractivity contribution in [3.05, 3.63) is 100 Å². The predicted molar refractivity (Wildman–Crippen MR) is 134 cm³/mol. The molecule has 168 valence electrons. The molecule has 0 aliphatic carbocycles. The molecule has 0 spiro atoms. The number of nitrogens with one attached hydrogen (secondary N) is 2. The van der Waals surface area contributed by atoms with E-state index in [0.717, 1.165) is 45.0 Å². The van der Waals surface area contributed by atoms with Gasteiger partial charge in [0, 0.05) is 26.9 Å². The summed E-state index contributed by atoms with van der Waals surface area (Å²) in [5.74, 6) is 1.11. The lowest BCUT2D eigenvalue weighted by molar-refractivity contribution is 0.0932. The number of para-hydroxylation sites is 1. The van der Waals surface area contributed by atoms with Crippen molar-refractivity contribution in [1.29, 1.82) is 0 Å². The Morgan fingerprint density at radius 3 is 2.68 bits per heavy atom. The Bertz CT molecular complexity index is 1530. The third kappa shape index (κ3) is 3.34. The largest absolute Gasteiger partial charge is 0.351 e. The first-order valence-corrected chi connectivity index (χ1v) is 12.0. The number of H-pyrrole nitrogens is 1. The number of hydrogen-bond acceptors (Lipinski definition) is 5. The second-order valence-corrected chi connectivity index (χ2v) is 9.33. The molecule has 6 rings (SSSR count). The van der Waals surface area contributed by atoms with Crippen molar-refractivity contribution in [1.82, 2.24) is 25.1 Å². The number of aromatic nitrogens is 4. The Hall–Kier alpha value is -4.04. The average molecular weight is 467 g/mol. The highest BCUT2D eigenvalue weighted by atomic mass is 32.1. The summed E-state index contributed by atoms with van der Waals surface area (Å²) in [7, 11) is 0. The van der Waals surface area contributed by atoms with Crippen LogP contribution >= 0.6 is 11.3 Å². The second-order valence-electron chi connectivity index (χ2n) is 8.22. The molecular weight excluding hydrogens is 444 g/mol. The normalized spacial score (nSPS) is 14.9. The SMILES string of the molecule is CCc1cc2c(s1)-n1c(C)nnc1C(NC(=O)c1cc3ccccc3[nH]1)N=C2c1ccccc1. The molecule has 5 aromatic rings. The zero-order chi connectivity index (χ0) is 23.2. The van der Waals surface area contributed by atoms with Crippen LogP contribution in [0.3, 0.4) is 0 Å². The molecule has 1 unspecified atom stereocenters. The molecule has 34 heavy (non-hydrogen) atoms. The summed E-state index contributed by atoms with van der Waals surface area (Å²) in [4.78, 5) is 22.8. The highest BCUT2D eigenvalue weighted by Crippen LogP contribution is 2.35. The van der Waals surface area contributed by atoms with Gasteiger partial charge in [-0.05, 0) is 31.5 Å². The number of hydrogen-bond donors (Lipinski definition) is 2. The zero-order valence-corrected chi connectivity index (χ0v) is 19.6. The number of carbonyl (C=O) groups excluding carboxylic acids is 1. The quantitative estimate of drug-likeness (QED) is 0.392. The van der Waals surface area contributed by atoms with Gasteiger partial charge in [-0.25, -0.2) is 0 Å². The maximum absolute atomic E-state index is 13.3. The van der Waals surface area contributed by atoms with E-state index in [1.54, 1.807) is 11.3 Å². The van der Waals surface area contributed by atoms with E-state index >= 15 is 0 Å². The van der Waals surface area contributed by atoms with Gasteiger partial charge in [0.05, 0.1) is 5.71 Å². The van der Waals surface area contributed by atoms with Crippen LogP contribution in [0.2, 0.25) is 0 Å². The third-order valence-corrected chi connectivity index (χ3v) is 7.28. The van der Waals surface area contributed by atoms with Gasteiger partial charge in [-0.1, -0.05) is 55.5 Å². The van der Waals surface area contributed by atoms with Crippen molar-refractivity contribution in [2.24, 2.45) is 4.99 Å². The van der Waals surface area contributed by atoms with E-state index in [0.29, 0.717) is 11.5 Å². The summed E-state index contributed by atoms with van der Waals surface area (Å²) in [6.07, 6.45) is 0.233. The molecule has 0 bridgehead atoms. The minimum atomic E-state index is -0.694. The highest BCUT2D eigenvalue weighted by molar-refractivity contribution is 7.15. The number of aromatic amines is 1. The van der Waals surface area contributed by atoms with Crippen molar-refractivity contribution >= 4 is 33.9 Å². The molecule has 1 atom stereocenters. The standard InChI is InChI=1S/C26H22N6OS/c1-3-18-14-19-22(16-9-5-4-6-10-16)28-23(24-31-30-15(2)32(24)26(19)34-18)29-25(33)21-13-17-11-7-8-12-20(17)27-21/h4-14,23,27H,3H2,1-2H3,(H,29,33). The molecule has 8 heteroatoms. The minimum absolute atomic E-state index is 0.246. The Labute approximate surface area is 200 Å². The Morgan fingerprint density at radius 2 is 1.88 bits per heavy atom. The second kappa shape index (κ2) is 8.07. The Balaban J connectivity index is 1.49. The summed E-state index contributed by atoms with van der Waals surface area (Å²) in [5, 5.41) is 13.9. The van der Waals surface area contributed by atoms with Crippen molar-refractivity contribution in [3.8, 4) is 5.00 Å². The number of nitrogens with zero attached hydrogens (tertiary/aromatic N) is 4. The fourth-order valence-corrected chi connectivity index (χ4v) is 5.48. The summed E-state index contributed by atoms with van der Waals surface area (Å²) >= 11 is 1.71. The van der Waals surface area contributed by atoms with Gasteiger partial charge < -0.3 is 10.3 Å². The van der Waals surface area contributed by atoms with Crippen molar-refractivity contribution in [2.45, 2.75) is 26.4 Å². The molecule has 7 nitrogen and oxygen atoms in total. The first-order chi connectivity index (χ1) is 16.6. The number of thiophene rings is 1. The van der Waals surface area contributed by atoms with Gasteiger partial charge >= 0.3 is 0 Å². The molecule has 1 amide bonds. The number of rotatable bonds is 4. The number of aliphatic imine (C=N–C) groups is 1. The van der Waals surface area contributed by atoms with Crippen LogP contribution in [0, 0.1) is 6.92 Å². The van der Waals surface area contributed by atoms with Crippen LogP contribution in [0.4, 0.5) is 0 Å². The summed E-state index contributed by atoms with van der Waals surface area (Å²) in [6.45, 7) is 4.07. The van der Waals surface area contributed by atoms with Crippen LogP contribution < -0.4 is 5.32 Å². The molecule has 3 aromatic heterocycles. The van der Waals surface area contributed by atoms with Gasteiger partial charge in [0.25, 0.3) is 5.91 Å². The van der Waals surface area contributed by atoms with Crippen LogP contribution in [0.5, 0.6) is 0 Å². The zero-order valence-electron chi connectivity index (χ0n) is 18.7. The first-order valence-electron chi connectivity index (χ1n) is 11.2. The van der Waals surface area contributed by atoms with Gasteiger partial charge in [-0.15, -0.1) is 21.5 Å². The maximum Gasteiger partial charge on any atom is 0.269 e. The summed E-state index contributed by atoms with van der Waals surface area (Å²) in [5.41, 5.74) is 4.24. The van der Waals surface area contributed by atoms with E-state index < -0.39 is 6.17 Å². The number of carbonyl (C=O) groups is 1. The van der Waals surface area contributed by atoms with Crippen LogP contribution in [0.1, 0.15) is 51.2 Å². The number of benzene rings is 2. The Kier molecular flexibility index (Phi) is 4.88. The Morgan fingerprint density at radius 1 is 1.09 bits per heavy atom. The minimum Gasteiger partial charge on any atom is -0.351 e. The fraction of sp³-hybridized carbons (Fsp3) is 0.154. The smallest absolute Gasteiger partial charge is 0.269 e. The van der Waals surface area contributed by atoms with Crippen LogP contribution in [0.25, 0.3) is 15.9 Å². The van der Waals surface area contributed by atoms with Crippen molar-refractivity contribution in [2.75, 3.05) is 0 Å². The van der Waals surface area contributed by atoms with Gasteiger partial charge in [0.2, 0.25) is 0 Å². The molecular formula is C26H22N6OS. The molecule has 2 N–H and O–H groups in total. The lowest BCUT2D eigenvalue weighted by Gasteiger charge is -2.14. The van der Waals surface area contributed by atoms with Crippen LogP contribution in [-0.4, -0.2) is 31.4 Å². The summed E-state index contributed by atoms with van der Waals surface area (Å²) < 4.78 is 2.02. The molecule has 0 fully saturated rings. The van der Waals surface area contributed by atoms with E-state index in [-0.39, 0.29) is 5.91 Å². The van der Waals surface area contributed by atoms with Crippen LogP contribution in [0.15, 0.2) is 71.7 Å². The van der Waals surface area contributed by atoms with E-state index in [9.17, 15) is 4.79 Å². The molecule has 0 saturated carbocycles. The monoisotopic (exact) mass is 466 g/mol. The van der Waals surface area contributed by atoms with E-state index in [1.807, 2.05) is 72.2 Å². The van der Waals surface area contributed by atoms with Gasteiger partial charge in [0.15, 0.2) is 12.0 Å². The van der Waals surface area contributed by atoms with Gasteiger partial charge in [-0.3, -0.25) is 14.4 Å². The van der Waals surface area contributed by atoms with Gasteiger partial charge in [-0.2, -0.15) is 0 Å². The lowest BCUT2D eigenvalue weighted by atomic mass is 10.0. The molecule has 1 aliphatic heterocycles. The predicted octanol–water partition coefficient (Wildman–Crippen LogP) is 4.96. The lowest BCUT2D eigenvalue weighted by Crippen LogP contribution is -2.29. The number of fused-ring (bicyclic) bond motifs is 4. The maximum atomic E-state index is 13.3. The summed E-state index contributed by atoms with van der Waals surface area (Å²) in [6, 6.07) is 21.9. The molecule has 0 radical (unpaired) electrons. The fourth-order valence-electron chi connectivity index (χ4n) is 4.32. The third-order valence-electron chi connectivity index (χ3n) is 6.01.